The van der Waals surface area contributed by atoms with Crippen molar-refractivity contribution >= 4 is 0 Å². The molecule has 9 nitrogen and oxygen atoms in total. The zero-order chi connectivity index (χ0) is 22.5. The standard InChI is InChI=1S/C22H15F2N7O2/c1-12-26-21(29-33-12)20-18-9-30-19(10-32-15-4-2-3-13(23)7-15)27-28-22(30)16-8-14(24)5-6-17(16)31(18)11-25-20/h2-8,11H,9-10H2,1H3. The first-order valence-corrected chi connectivity index (χ1v) is 10.0. The minimum absolute atomic E-state index is 0.0336. The molecule has 4 heterocycles. The Balaban J connectivity index is 1.47. The van der Waals surface area contributed by atoms with Crippen molar-refractivity contribution < 1.29 is 18.0 Å². The number of aryl methyl sites for hydroxylation is 1. The molecule has 0 saturated heterocycles. The van der Waals surface area contributed by atoms with Crippen LogP contribution >= 0.6 is 0 Å². The first-order chi connectivity index (χ1) is 16.1. The third-order valence-electron chi connectivity index (χ3n) is 5.36. The lowest BCUT2D eigenvalue weighted by atomic mass is 10.1. The van der Waals surface area contributed by atoms with E-state index in [-0.39, 0.29) is 6.61 Å². The molecule has 0 bridgehead atoms. The molecule has 11 heteroatoms. The van der Waals surface area contributed by atoms with Crippen LogP contribution < -0.4 is 4.74 Å². The Hall–Kier alpha value is -4.41. The molecule has 0 N–H and O–H groups in total. The number of hydrogen-bond donors (Lipinski definition) is 0. The molecular formula is C22H15F2N7O2. The van der Waals surface area contributed by atoms with Gasteiger partial charge in [-0.15, -0.1) is 10.2 Å². The summed E-state index contributed by atoms with van der Waals surface area (Å²) in [5.41, 5.74) is 2.51. The number of halogens is 2. The Morgan fingerprint density at radius 2 is 1.97 bits per heavy atom. The summed E-state index contributed by atoms with van der Waals surface area (Å²) in [4.78, 5) is 8.79. The molecule has 1 aliphatic heterocycles. The highest BCUT2D eigenvalue weighted by Gasteiger charge is 2.28. The first kappa shape index (κ1) is 19.3. The van der Waals surface area contributed by atoms with E-state index >= 15 is 0 Å². The molecule has 3 aromatic heterocycles. The van der Waals surface area contributed by atoms with Crippen LogP contribution in [-0.4, -0.2) is 34.5 Å². The molecular weight excluding hydrogens is 432 g/mol. The van der Waals surface area contributed by atoms with Crippen LogP contribution in [0, 0.1) is 18.6 Å². The predicted octanol–water partition coefficient (Wildman–Crippen LogP) is 3.71. The van der Waals surface area contributed by atoms with Gasteiger partial charge >= 0.3 is 0 Å². The van der Waals surface area contributed by atoms with Gasteiger partial charge in [-0.25, -0.2) is 13.8 Å². The molecule has 0 radical (unpaired) electrons. The number of imidazole rings is 1. The third kappa shape index (κ3) is 3.25. The molecule has 33 heavy (non-hydrogen) atoms. The molecule has 5 aromatic rings. The van der Waals surface area contributed by atoms with Crippen molar-refractivity contribution in [3.63, 3.8) is 0 Å². The van der Waals surface area contributed by atoms with Gasteiger partial charge in [-0.2, -0.15) is 4.98 Å². The Labute approximate surface area is 185 Å². The van der Waals surface area contributed by atoms with Gasteiger partial charge in [-0.3, -0.25) is 4.57 Å². The van der Waals surface area contributed by atoms with Crippen LogP contribution in [0.4, 0.5) is 8.78 Å². The highest BCUT2D eigenvalue weighted by Crippen LogP contribution is 2.35. The number of rotatable bonds is 4. The van der Waals surface area contributed by atoms with E-state index in [0.717, 1.165) is 5.69 Å². The Kier molecular flexibility index (Phi) is 4.28. The minimum Gasteiger partial charge on any atom is -0.486 e. The Morgan fingerprint density at radius 1 is 1.09 bits per heavy atom. The lowest BCUT2D eigenvalue weighted by Gasteiger charge is -2.10. The lowest BCUT2D eigenvalue weighted by Crippen LogP contribution is -2.10. The fourth-order valence-corrected chi connectivity index (χ4v) is 3.87. The van der Waals surface area contributed by atoms with E-state index < -0.39 is 11.6 Å². The molecule has 6 rings (SSSR count). The van der Waals surface area contributed by atoms with Gasteiger partial charge < -0.3 is 13.8 Å². The van der Waals surface area contributed by atoms with Crippen molar-refractivity contribution in [2.75, 3.05) is 0 Å². The van der Waals surface area contributed by atoms with Crippen LogP contribution in [0.5, 0.6) is 5.75 Å². The summed E-state index contributed by atoms with van der Waals surface area (Å²) in [7, 11) is 0. The second-order valence-electron chi connectivity index (χ2n) is 7.48. The number of aromatic nitrogens is 7. The van der Waals surface area contributed by atoms with E-state index in [0.29, 0.717) is 52.6 Å². The highest BCUT2D eigenvalue weighted by atomic mass is 19.1. The summed E-state index contributed by atoms with van der Waals surface area (Å²) in [6.45, 7) is 2.03. The van der Waals surface area contributed by atoms with Crippen LogP contribution in [0.15, 0.2) is 53.3 Å². The largest absolute Gasteiger partial charge is 0.486 e. The third-order valence-corrected chi connectivity index (χ3v) is 5.36. The quantitative estimate of drug-likeness (QED) is 0.406. The van der Waals surface area contributed by atoms with Crippen LogP contribution in [0.3, 0.4) is 0 Å². The number of ether oxygens (including phenoxy) is 1. The van der Waals surface area contributed by atoms with E-state index in [1.165, 1.54) is 24.3 Å². The molecule has 0 atom stereocenters. The maximum Gasteiger partial charge on any atom is 0.223 e. The number of benzene rings is 2. The minimum atomic E-state index is -0.404. The Morgan fingerprint density at radius 3 is 2.79 bits per heavy atom. The van der Waals surface area contributed by atoms with Gasteiger partial charge in [0.2, 0.25) is 11.7 Å². The fraction of sp³-hybridized carbons (Fsp3) is 0.136. The zero-order valence-electron chi connectivity index (χ0n) is 17.2. The second-order valence-corrected chi connectivity index (χ2v) is 7.48. The average Bonchev–Trinajstić information content (AvgIpc) is 3.50. The summed E-state index contributed by atoms with van der Waals surface area (Å²) < 4.78 is 42.3. The van der Waals surface area contributed by atoms with Gasteiger partial charge in [0.25, 0.3) is 0 Å². The van der Waals surface area contributed by atoms with E-state index in [1.807, 2.05) is 9.13 Å². The van der Waals surface area contributed by atoms with Crippen molar-refractivity contribution in [3.05, 3.63) is 77.8 Å². The van der Waals surface area contributed by atoms with Gasteiger partial charge in [0.05, 0.1) is 17.9 Å². The van der Waals surface area contributed by atoms with Gasteiger partial charge in [-0.1, -0.05) is 11.2 Å². The van der Waals surface area contributed by atoms with Gasteiger partial charge in [-0.05, 0) is 30.3 Å². The van der Waals surface area contributed by atoms with Crippen LogP contribution in [0.2, 0.25) is 0 Å². The molecule has 0 spiro atoms. The molecule has 0 fully saturated rings. The summed E-state index contributed by atoms with van der Waals surface area (Å²) in [6, 6.07) is 10.3. The number of fused-ring (bicyclic) bond motifs is 5. The van der Waals surface area contributed by atoms with Crippen LogP contribution in [0.25, 0.3) is 28.6 Å². The average molecular weight is 447 g/mol. The smallest absolute Gasteiger partial charge is 0.223 e. The first-order valence-electron chi connectivity index (χ1n) is 10.0. The van der Waals surface area contributed by atoms with Gasteiger partial charge in [0.1, 0.15) is 36.0 Å². The van der Waals surface area contributed by atoms with Crippen molar-refractivity contribution in [2.45, 2.75) is 20.1 Å². The normalized spacial score (nSPS) is 12.1. The highest BCUT2D eigenvalue weighted by molar-refractivity contribution is 5.71. The molecule has 0 amide bonds. The van der Waals surface area contributed by atoms with Crippen molar-refractivity contribution in [1.29, 1.82) is 0 Å². The molecule has 0 saturated carbocycles. The molecule has 1 aliphatic rings. The number of nitrogens with zero attached hydrogens (tertiary/aromatic N) is 7. The maximum absolute atomic E-state index is 14.2. The molecule has 0 aliphatic carbocycles. The van der Waals surface area contributed by atoms with Gasteiger partial charge in [0, 0.05) is 18.6 Å². The van der Waals surface area contributed by atoms with E-state index in [9.17, 15) is 8.78 Å². The zero-order valence-corrected chi connectivity index (χ0v) is 17.2. The Bertz CT molecular complexity index is 1500. The summed E-state index contributed by atoms with van der Waals surface area (Å²) in [5.74, 6) is 1.27. The predicted molar refractivity (Wildman–Crippen MR) is 110 cm³/mol. The van der Waals surface area contributed by atoms with Crippen molar-refractivity contribution in [1.82, 2.24) is 34.5 Å². The van der Waals surface area contributed by atoms with Crippen LogP contribution in [0.1, 0.15) is 17.4 Å². The van der Waals surface area contributed by atoms with Crippen molar-refractivity contribution in [3.8, 4) is 34.3 Å². The molecule has 2 aromatic carbocycles. The van der Waals surface area contributed by atoms with E-state index in [2.05, 4.69) is 25.3 Å². The monoisotopic (exact) mass is 447 g/mol. The molecule has 0 unspecified atom stereocenters. The van der Waals surface area contributed by atoms with E-state index in [1.54, 1.807) is 31.5 Å². The lowest BCUT2D eigenvalue weighted by molar-refractivity contribution is 0.288. The maximum atomic E-state index is 14.2. The topological polar surface area (TPSA) is 96.7 Å². The van der Waals surface area contributed by atoms with Crippen LogP contribution in [-0.2, 0) is 13.2 Å². The summed E-state index contributed by atoms with van der Waals surface area (Å²) >= 11 is 0. The molecule has 164 valence electrons. The summed E-state index contributed by atoms with van der Waals surface area (Å²) in [6.07, 6.45) is 1.63. The van der Waals surface area contributed by atoms with E-state index in [4.69, 9.17) is 9.26 Å². The second kappa shape index (κ2) is 7.33. The number of hydrogen-bond acceptors (Lipinski definition) is 7. The van der Waals surface area contributed by atoms with Gasteiger partial charge in [0.15, 0.2) is 11.6 Å². The SMILES string of the molecule is Cc1nc(-c2ncn3c2Cn2c(COc4cccc(F)c4)nnc2-c2cc(F)ccc2-3)no1. The van der Waals surface area contributed by atoms with Crippen molar-refractivity contribution in [2.24, 2.45) is 0 Å². The summed E-state index contributed by atoms with van der Waals surface area (Å²) in [5, 5.41) is 12.6. The fourth-order valence-electron chi connectivity index (χ4n) is 3.87.